The van der Waals surface area contributed by atoms with E-state index in [1.165, 1.54) is 12.8 Å². The molecule has 1 saturated carbocycles. The molecule has 3 aromatic rings. The average molecular weight is 252 g/mol. The molecule has 0 unspecified atom stereocenters. The van der Waals surface area contributed by atoms with Gasteiger partial charge in [-0.3, -0.25) is 4.57 Å². The number of aryl methyl sites for hydroxylation is 2. The number of para-hydroxylation sites is 1. The monoisotopic (exact) mass is 252 g/mol. The van der Waals surface area contributed by atoms with Gasteiger partial charge in [0.2, 0.25) is 0 Å². The molecule has 0 atom stereocenters. The van der Waals surface area contributed by atoms with Crippen LogP contribution in [0.1, 0.15) is 36.1 Å². The lowest BCUT2D eigenvalue weighted by Crippen LogP contribution is -2.00. The first-order valence-corrected chi connectivity index (χ1v) is 6.74. The zero-order valence-corrected chi connectivity index (χ0v) is 11.1. The molecule has 0 spiro atoms. The Morgan fingerprint density at radius 1 is 1.26 bits per heavy atom. The first-order valence-electron chi connectivity index (χ1n) is 6.74. The number of aromatic nitrogens is 4. The van der Waals surface area contributed by atoms with Gasteiger partial charge in [-0.1, -0.05) is 6.07 Å². The van der Waals surface area contributed by atoms with Crippen molar-refractivity contribution in [3.05, 3.63) is 41.7 Å². The van der Waals surface area contributed by atoms with Crippen LogP contribution in [0, 0.1) is 13.8 Å². The van der Waals surface area contributed by atoms with Gasteiger partial charge in [0.1, 0.15) is 17.2 Å². The minimum absolute atomic E-state index is 0.644. The molecule has 96 valence electrons. The van der Waals surface area contributed by atoms with Gasteiger partial charge < -0.3 is 4.98 Å². The van der Waals surface area contributed by atoms with Gasteiger partial charge in [0.05, 0.1) is 11.2 Å². The standard InChI is InChI=1S/C15H16N4/c1-9-8-16-10(2)19(9)13-5-3-4-12-14(13)18-15(17-12)11-6-7-11/h3-5,8,11H,6-7H2,1-2H3,(H,17,18). The van der Waals surface area contributed by atoms with Gasteiger partial charge in [0.15, 0.2) is 0 Å². The lowest BCUT2D eigenvalue weighted by atomic mass is 10.2. The Kier molecular flexibility index (Phi) is 2.10. The Bertz CT molecular complexity index is 742. The molecule has 19 heavy (non-hydrogen) atoms. The number of imidazole rings is 2. The number of benzene rings is 1. The first kappa shape index (κ1) is 10.8. The third kappa shape index (κ3) is 1.59. The van der Waals surface area contributed by atoms with Crippen molar-refractivity contribution in [1.29, 1.82) is 0 Å². The van der Waals surface area contributed by atoms with Gasteiger partial charge in [0, 0.05) is 17.8 Å². The number of hydrogen-bond donors (Lipinski definition) is 1. The third-order valence-electron chi connectivity index (χ3n) is 3.83. The van der Waals surface area contributed by atoms with Gasteiger partial charge in [-0.05, 0) is 38.8 Å². The number of hydrogen-bond acceptors (Lipinski definition) is 2. The zero-order chi connectivity index (χ0) is 13.0. The van der Waals surface area contributed by atoms with Crippen LogP contribution < -0.4 is 0 Å². The van der Waals surface area contributed by atoms with Gasteiger partial charge in [0.25, 0.3) is 0 Å². The van der Waals surface area contributed by atoms with Crippen LogP contribution in [-0.4, -0.2) is 19.5 Å². The van der Waals surface area contributed by atoms with E-state index in [0.29, 0.717) is 5.92 Å². The van der Waals surface area contributed by atoms with Crippen molar-refractivity contribution < 1.29 is 0 Å². The molecular weight excluding hydrogens is 236 g/mol. The van der Waals surface area contributed by atoms with Crippen molar-refractivity contribution in [1.82, 2.24) is 19.5 Å². The summed E-state index contributed by atoms with van der Waals surface area (Å²) in [6.07, 6.45) is 4.43. The molecule has 4 heteroatoms. The SMILES string of the molecule is Cc1cnc(C)n1-c1cccc2[nH]c(C3CC3)nc12. The number of aromatic amines is 1. The van der Waals surface area contributed by atoms with E-state index in [-0.39, 0.29) is 0 Å². The van der Waals surface area contributed by atoms with E-state index in [0.717, 1.165) is 34.1 Å². The quantitative estimate of drug-likeness (QED) is 0.761. The van der Waals surface area contributed by atoms with Crippen molar-refractivity contribution in [3.8, 4) is 5.69 Å². The third-order valence-corrected chi connectivity index (χ3v) is 3.83. The van der Waals surface area contributed by atoms with Crippen LogP contribution in [-0.2, 0) is 0 Å². The fourth-order valence-corrected chi connectivity index (χ4v) is 2.69. The van der Waals surface area contributed by atoms with Crippen LogP contribution in [0.3, 0.4) is 0 Å². The van der Waals surface area contributed by atoms with Gasteiger partial charge in [-0.15, -0.1) is 0 Å². The predicted octanol–water partition coefficient (Wildman–Crippen LogP) is 3.24. The number of rotatable bonds is 2. The molecule has 4 rings (SSSR count). The van der Waals surface area contributed by atoms with Crippen LogP contribution in [0.25, 0.3) is 16.7 Å². The zero-order valence-electron chi connectivity index (χ0n) is 11.1. The Morgan fingerprint density at radius 3 is 2.79 bits per heavy atom. The highest BCUT2D eigenvalue weighted by Crippen LogP contribution is 2.39. The maximum atomic E-state index is 4.81. The summed E-state index contributed by atoms with van der Waals surface area (Å²) in [7, 11) is 0. The Morgan fingerprint density at radius 2 is 2.11 bits per heavy atom. The van der Waals surface area contributed by atoms with Gasteiger partial charge in [-0.2, -0.15) is 0 Å². The highest BCUT2D eigenvalue weighted by molar-refractivity contribution is 5.84. The number of nitrogens with zero attached hydrogens (tertiary/aromatic N) is 3. The maximum Gasteiger partial charge on any atom is 0.113 e. The van der Waals surface area contributed by atoms with Crippen molar-refractivity contribution >= 4 is 11.0 Å². The van der Waals surface area contributed by atoms with Crippen molar-refractivity contribution in [2.45, 2.75) is 32.6 Å². The molecule has 1 N–H and O–H groups in total. The van der Waals surface area contributed by atoms with Gasteiger partial charge >= 0.3 is 0 Å². The molecular formula is C15H16N4. The largest absolute Gasteiger partial charge is 0.342 e. The summed E-state index contributed by atoms with van der Waals surface area (Å²) < 4.78 is 2.17. The van der Waals surface area contributed by atoms with Crippen LogP contribution in [0.15, 0.2) is 24.4 Å². The molecule has 4 nitrogen and oxygen atoms in total. The smallest absolute Gasteiger partial charge is 0.113 e. The highest BCUT2D eigenvalue weighted by atomic mass is 15.1. The van der Waals surface area contributed by atoms with Crippen LogP contribution >= 0.6 is 0 Å². The molecule has 2 aromatic heterocycles. The molecule has 0 amide bonds. The fourth-order valence-electron chi connectivity index (χ4n) is 2.69. The van der Waals surface area contributed by atoms with Gasteiger partial charge in [-0.25, -0.2) is 9.97 Å². The topological polar surface area (TPSA) is 46.5 Å². The van der Waals surface area contributed by atoms with Crippen molar-refractivity contribution in [2.75, 3.05) is 0 Å². The number of fused-ring (bicyclic) bond motifs is 1. The molecule has 0 saturated heterocycles. The van der Waals surface area contributed by atoms with E-state index in [2.05, 4.69) is 39.7 Å². The Balaban J connectivity index is 1.98. The number of nitrogens with one attached hydrogen (secondary N) is 1. The second-order valence-corrected chi connectivity index (χ2v) is 5.35. The maximum absolute atomic E-state index is 4.81. The molecule has 1 fully saturated rings. The second kappa shape index (κ2) is 3.70. The highest BCUT2D eigenvalue weighted by Gasteiger charge is 2.27. The van der Waals surface area contributed by atoms with E-state index in [1.807, 2.05) is 13.1 Å². The minimum atomic E-state index is 0.644. The minimum Gasteiger partial charge on any atom is -0.342 e. The van der Waals surface area contributed by atoms with E-state index < -0.39 is 0 Å². The molecule has 1 aromatic carbocycles. The number of H-pyrrole nitrogens is 1. The summed E-state index contributed by atoms with van der Waals surface area (Å²) >= 11 is 0. The Labute approximate surface area is 111 Å². The normalized spacial score (nSPS) is 15.3. The summed E-state index contributed by atoms with van der Waals surface area (Å²) in [6, 6.07) is 6.28. The average Bonchev–Trinajstić information content (AvgIpc) is 3.08. The summed E-state index contributed by atoms with van der Waals surface area (Å²) in [5.41, 5.74) is 4.43. The molecule has 0 radical (unpaired) electrons. The Hall–Kier alpha value is -2.10. The van der Waals surface area contributed by atoms with Crippen LogP contribution in [0.4, 0.5) is 0 Å². The van der Waals surface area contributed by atoms with E-state index in [1.54, 1.807) is 0 Å². The van der Waals surface area contributed by atoms with Crippen LogP contribution in [0.5, 0.6) is 0 Å². The molecule has 1 aliphatic carbocycles. The van der Waals surface area contributed by atoms with E-state index in [4.69, 9.17) is 4.98 Å². The first-order chi connectivity index (χ1) is 9.24. The van der Waals surface area contributed by atoms with Crippen molar-refractivity contribution in [2.24, 2.45) is 0 Å². The second-order valence-electron chi connectivity index (χ2n) is 5.35. The summed E-state index contributed by atoms with van der Waals surface area (Å²) in [6.45, 7) is 4.10. The van der Waals surface area contributed by atoms with E-state index >= 15 is 0 Å². The molecule has 2 heterocycles. The summed E-state index contributed by atoms with van der Waals surface area (Å²) in [5.74, 6) is 2.78. The molecule has 1 aliphatic rings. The fraction of sp³-hybridized carbons (Fsp3) is 0.333. The van der Waals surface area contributed by atoms with E-state index in [9.17, 15) is 0 Å². The lowest BCUT2D eigenvalue weighted by Gasteiger charge is -2.08. The molecule has 0 aliphatic heterocycles. The van der Waals surface area contributed by atoms with Crippen LogP contribution in [0.2, 0.25) is 0 Å². The van der Waals surface area contributed by atoms with Crippen molar-refractivity contribution in [3.63, 3.8) is 0 Å². The lowest BCUT2D eigenvalue weighted by molar-refractivity contribution is 0.942. The summed E-state index contributed by atoms with van der Waals surface area (Å²) in [4.78, 5) is 12.6. The molecule has 0 bridgehead atoms. The summed E-state index contributed by atoms with van der Waals surface area (Å²) in [5, 5.41) is 0. The predicted molar refractivity (Wildman–Crippen MR) is 74.7 cm³/mol.